The van der Waals surface area contributed by atoms with Crippen LogP contribution in [0.1, 0.15) is 30.4 Å². The van der Waals surface area contributed by atoms with Gasteiger partial charge in [0.05, 0.1) is 12.7 Å². The van der Waals surface area contributed by atoms with Gasteiger partial charge in [0, 0.05) is 47.1 Å². The minimum absolute atomic E-state index is 0.325. The van der Waals surface area contributed by atoms with Crippen molar-refractivity contribution >= 4 is 5.96 Å². The van der Waals surface area contributed by atoms with E-state index < -0.39 is 0 Å². The lowest BCUT2D eigenvalue weighted by Crippen LogP contribution is -2.37. The molecule has 6 nitrogen and oxygen atoms in total. The summed E-state index contributed by atoms with van der Waals surface area (Å²) in [5.41, 5.74) is 2.42. The van der Waals surface area contributed by atoms with Crippen molar-refractivity contribution in [3.8, 4) is 0 Å². The first-order valence-electron chi connectivity index (χ1n) is 9.02. The third kappa shape index (κ3) is 7.86. The molecule has 1 saturated heterocycles. The van der Waals surface area contributed by atoms with E-state index in [-0.39, 0.29) is 0 Å². The smallest absolute Gasteiger partial charge is 0.191 e. The Bertz CT molecular complexity index is 516. The van der Waals surface area contributed by atoms with E-state index >= 15 is 0 Å². The van der Waals surface area contributed by atoms with Crippen LogP contribution in [0.5, 0.6) is 0 Å². The molecule has 2 rings (SSSR count). The number of guanidine groups is 1. The Morgan fingerprint density at radius 2 is 2.04 bits per heavy atom. The minimum atomic E-state index is 0.325. The lowest BCUT2D eigenvalue weighted by Gasteiger charge is -2.22. The second-order valence-electron chi connectivity index (χ2n) is 6.14. The first kappa shape index (κ1) is 19.7. The maximum absolute atomic E-state index is 6.00. The lowest BCUT2D eigenvalue weighted by molar-refractivity contribution is -0.0390. The van der Waals surface area contributed by atoms with E-state index in [0.29, 0.717) is 12.7 Å². The number of nitrogens with one attached hydrogen (secondary N) is 2. The van der Waals surface area contributed by atoms with Crippen LogP contribution < -0.4 is 10.6 Å². The molecule has 1 fully saturated rings. The highest BCUT2D eigenvalue weighted by molar-refractivity contribution is 5.79. The zero-order valence-electron chi connectivity index (χ0n) is 15.4. The van der Waals surface area contributed by atoms with Crippen LogP contribution in [-0.2, 0) is 27.4 Å². The van der Waals surface area contributed by atoms with E-state index in [1.807, 2.05) is 0 Å². The van der Waals surface area contributed by atoms with Gasteiger partial charge in [-0.3, -0.25) is 4.99 Å². The summed E-state index contributed by atoms with van der Waals surface area (Å²) in [5.74, 6) is 0.806. The quantitative estimate of drug-likeness (QED) is 0.406. The molecule has 0 spiro atoms. The maximum atomic E-state index is 6.00. The van der Waals surface area contributed by atoms with Crippen LogP contribution in [0.4, 0.5) is 0 Å². The van der Waals surface area contributed by atoms with Gasteiger partial charge in [-0.15, -0.1) is 0 Å². The van der Waals surface area contributed by atoms with Gasteiger partial charge >= 0.3 is 0 Å². The Kier molecular flexibility index (Phi) is 9.33. The Balaban J connectivity index is 1.74. The van der Waals surface area contributed by atoms with Gasteiger partial charge in [-0.05, 0) is 30.4 Å². The van der Waals surface area contributed by atoms with Crippen molar-refractivity contribution in [3.05, 3.63) is 35.4 Å². The van der Waals surface area contributed by atoms with Gasteiger partial charge in [-0.25, -0.2) is 0 Å². The first-order valence-corrected chi connectivity index (χ1v) is 9.02. The highest BCUT2D eigenvalue weighted by Crippen LogP contribution is 2.14. The average molecular weight is 349 g/mol. The molecule has 0 saturated carbocycles. The summed E-state index contributed by atoms with van der Waals surface area (Å²) in [7, 11) is 3.50. The molecule has 25 heavy (non-hydrogen) atoms. The molecule has 0 amide bonds. The van der Waals surface area contributed by atoms with Crippen LogP contribution in [-0.4, -0.2) is 52.6 Å². The van der Waals surface area contributed by atoms with E-state index in [1.165, 1.54) is 11.1 Å². The molecule has 140 valence electrons. The fourth-order valence-corrected chi connectivity index (χ4v) is 2.72. The molecule has 0 bridgehead atoms. The Labute approximate surface area is 151 Å². The van der Waals surface area contributed by atoms with Crippen molar-refractivity contribution < 1.29 is 14.2 Å². The standard InChI is InChI=1S/C19H31N3O3/c1-20-19(21-9-4-10-23-2)22-14-16-5-3-6-17(13-16)15-25-18-7-11-24-12-8-18/h3,5-6,13,18H,4,7-12,14-15H2,1-2H3,(H2,20,21,22). The normalized spacial score (nSPS) is 16.0. The van der Waals surface area contributed by atoms with Crippen LogP contribution in [0.25, 0.3) is 0 Å². The summed E-state index contributed by atoms with van der Waals surface area (Å²) < 4.78 is 16.4. The molecule has 6 heteroatoms. The number of ether oxygens (including phenoxy) is 3. The van der Waals surface area contributed by atoms with Crippen molar-refractivity contribution in [2.45, 2.75) is 38.5 Å². The lowest BCUT2D eigenvalue weighted by atomic mass is 10.1. The number of methoxy groups -OCH3 is 1. The van der Waals surface area contributed by atoms with Gasteiger partial charge in [0.25, 0.3) is 0 Å². The highest BCUT2D eigenvalue weighted by atomic mass is 16.5. The summed E-state index contributed by atoms with van der Waals surface area (Å²) in [6, 6.07) is 8.49. The Hall–Kier alpha value is -1.63. The van der Waals surface area contributed by atoms with Crippen molar-refractivity contribution in [3.63, 3.8) is 0 Å². The average Bonchev–Trinajstić information content (AvgIpc) is 2.67. The van der Waals surface area contributed by atoms with Gasteiger partial charge in [0.2, 0.25) is 0 Å². The number of aliphatic imine (C=N–C) groups is 1. The Morgan fingerprint density at radius 3 is 2.80 bits per heavy atom. The molecule has 1 aromatic carbocycles. The summed E-state index contributed by atoms with van der Waals surface area (Å²) in [4.78, 5) is 4.24. The second-order valence-corrected chi connectivity index (χ2v) is 6.14. The molecule has 0 aliphatic carbocycles. The molecule has 1 aliphatic heterocycles. The van der Waals surface area contributed by atoms with Gasteiger partial charge in [0.1, 0.15) is 0 Å². The summed E-state index contributed by atoms with van der Waals surface area (Å²) in [6.45, 7) is 4.60. The van der Waals surface area contributed by atoms with Crippen molar-refractivity contribution in [1.82, 2.24) is 10.6 Å². The van der Waals surface area contributed by atoms with Crippen LogP contribution >= 0.6 is 0 Å². The van der Waals surface area contributed by atoms with Crippen molar-refractivity contribution in [2.24, 2.45) is 4.99 Å². The fraction of sp³-hybridized carbons (Fsp3) is 0.632. The largest absolute Gasteiger partial charge is 0.385 e. The molecule has 0 atom stereocenters. The number of hydrogen-bond donors (Lipinski definition) is 2. The predicted molar refractivity (Wildman–Crippen MR) is 99.8 cm³/mol. The topological polar surface area (TPSA) is 64.1 Å². The number of rotatable bonds is 9. The van der Waals surface area contributed by atoms with Gasteiger partial charge in [-0.1, -0.05) is 24.3 Å². The minimum Gasteiger partial charge on any atom is -0.385 e. The van der Waals surface area contributed by atoms with Crippen molar-refractivity contribution in [1.29, 1.82) is 0 Å². The first-order chi connectivity index (χ1) is 12.3. The molecular formula is C19H31N3O3. The predicted octanol–water partition coefficient (Wildman–Crippen LogP) is 2.08. The molecule has 2 N–H and O–H groups in total. The van der Waals surface area contributed by atoms with E-state index in [4.69, 9.17) is 14.2 Å². The molecule has 0 unspecified atom stereocenters. The molecule has 1 aliphatic rings. The zero-order valence-corrected chi connectivity index (χ0v) is 15.4. The molecule has 0 aromatic heterocycles. The number of hydrogen-bond acceptors (Lipinski definition) is 4. The van der Waals surface area contributed by atoms with Crippen molar-refractivity contribution in [2.75, 3.05) is 40.5 Å². The Morgan fingerprint density at radius 1 is 1.24 bits per heavy atom. The number of nitrogens with zero attached hydrogens (tertiary/aromatic N) is 1. The van der Waals surface area contributed by atoms with Gasteiger partial charge < -0.3 is 24.8 Å². The van der Waals surface area contributed by atoms with Gasteiger partial charge in [-0.2, -0.15) is 0 Å². The second kappa shape index (κ2) is 11.8. The third-order valence-electron chi connectivity index (χ3n) is 4.15. The van der Waals surface area contributed by atoms with Crippen LogP contribution in [0.2, 0.25) is 0 Å². The summed E-state index contributed by atoms with van der Waals surface area (Å²) in [6.07, 6.45) is 3.26. The molecular weight excluding hydrogens is 318 g/mol. The van der Waals surface area contributed by atoms with Gasteiger partial charge in [0.15, 0.2) is 5.96 Å². The van der Waals surface area contributed by atoms with E-state index in [9.17, 15) is 0 Å². The molecule has 0 radical (unpaired) electrons. The van der Waals surface area contributed by atoms with Crippen LogP contribution in [0, 0.1) is 0 Å². The van der Waals surface area contributed by atoms with Crippen LogP contribution in [0.3, 0.4) is 0 Å². The van der Waals surface area contributed by atoms with Crippen LogP contribution in [0.15, 0.2) is 29.3 Å². The maximum Gasteiger partial charge on any atom is 0.191 e. The van der Waals surface area contributed by atoms with E-state index in [0.717, 1.165) is 58.1 Å². The van der Waals surface area contributed by atoms with E-state index in [2.05, 4.69) is 39.9 Å². The molecule has 1 aromatic rings. The summed E-state index contributed by atoms with van der Waals surface area (Å²) in [5, 5.41) is 6.62. The number of benzene rings is 1. The van der Waals surface area contributed by atoms with E-state index in [1.54, 1.807) is 14.2 Å². The third-order valence-corrected chi connectivity index (χ3v) is 4.15. The fourth-order valence-electron chi connectivity index (χ4n) is 2.72. The highest BCUT2D eigenvalue weighted by Gasteiger charge is 2.14. The summed E-state index contributed by atoms with van der Waals surface area (Å²) >= 11 is 0. The zero-order chi connectivity index (χ0) is 17.7. The monoisotopic (exact) mass is 349 g/mol. The molecule has 1 heterocycles. The SMILES string of the molecule is CN=C(NCCCOC)NCc1cccc(COC2CCOCC2)c1.